The number of halogens is 1. The van der Waals surface area contributed by atoms with Crippen molar-refractivity contribution in [3.8, 4) is 5.75 Å². The van der Waals surface area contributed by atoms with E-state index in [4.69, 9.17) is 16.3 Å². The highest BCUT2D eigenvalue weighted by molar-refractivity contribution is 6.30. The fraction of sp³-hybridized carbons (Fsp3) is 0.263. The number of carbonyl (C=O) groups excluding carboxylic acids is 2. The van der Waals surface area contributed by atoms with Gasteiger partial charge in [0.15, 0.2) is 0 Å². The van der Waals surface area contributed by atoms with Crippen LogP contribution >= 0.6 is 11.6 Å². The third kappa shape index (κ3) is 6.12. The lowest BCUT2D eigenvalue weighted by molar-refractivity contribution is -0.132. The molecule has 0 radical (unpaired) electrons. The van der Waals surface area contributed by atoms with Crippen LogP contribution in [-0.4, -0.2) is 36.9 Å². The summed E-state index contributed by atoms with van der Waals surface area (Å²) in [6, 6.07) is 14.5. The van der Waals surface area contributed by atoms with Crippen LogP contribution in [0.3, 0.4) is 0 Å². The Labute approximate surface area is 152 Å². The van der Waals surface area contributed by atoms with Crippen LogP contribution < -0.4 is 10.1 Å². The zero-order valence-electron chi connectivity index (χ0n) is 14.3. The SMILES string of the molecule is COc1cccc(NC(=O)CN(CCc2cccc(Cl)c2)C(C)=O)c1. The second-order valence-electron chi connectivity index (χ2n) is 5.60. The molecule has 0 fully saturated rings. The van der Waals surface area contributed by atoms with Crippen molar-refractivity contribution in [2.45, 2.75) is 13.3 Å². The molecule has 0 atom stereocenters. The van der Waals surface area contributed by atoms with Gasteiger partial charge in [-0.15, -0.1) is 0 Å². The molecule has 2 rings (SSSR count). The van der Waals surface area contributed by atoms with Crippen LogP contribution in [-0.2, 0) is 16.0 Å². The summed E-state index contributed by atoms with van der Waals surface area (Å²) in [4.78, 5) is 25.6. The van der Waals surface area contributed by atoms with Crippen LogP contribution in [0.25, 0.3) is 0 Å². The van der Waals surface area contributed by atoms with Gasteiger partial charge in [0.2, 0.25) is 11.8 Å². The molecular weight excluding hydrogens is 340 g/mol. The third-order valence-electron chi connectivity index (χ3n) is 3.69. The third-order valence-corrected chi connectivity index (χ3v) is 3.93. The number of hydrogen-bond donors (Lipinski definition) is 1. The number of hydrogen-bond acceptors (Lipinski definition) is 3. The summed E-state index contributed by atoms with van der Waals surface area (Å²) in [6.07, 6.45) is 0.632. The Morgan fingerprint density at radius 2 is 1.92 bits per heavy atom. The van der Waals surface area contributed by atoms with Crippen molar-refractivity contribution in [1.29, 1.82) is 0 Å². The second kappa shape index (κ2) is 9.08. The maximum absolute atomic E-state index is 12.2. The molecule has 0 spiro atoms. The predicted octanol–water partition coefficient (Wildman–Crippen LogP) is 3.38. The fourth-order valence-electron chi connectivity index (χ4n) is 2.38. The van der Waals surface area contributed by atoms with Gasteiger partial charge >= 0.3 is 0 Å². The first kappa shape index (κ1) is 18.8. The molecule has 0 bridgehead atoms. The number of anilines is 1. The first-order valence-corrected chi connectivity index (χ1v) is 8.29. The standard InChI is InChI=1S/C19H21ClN2O3/c1-14(23)22(10-9-15-5-3-6-16(20)11-15)13-19(24)21-17-7-4-8-18(12-17)25-2/h3-8,11-12H,9-10,13H2,1-2H3,(H,21,24). The van der Waals surface area contributed by atoms with Crippen LogP contribution in [0.15, 0.2) is 48.5 Å². The molecule has 25 heavy (non-hydrogen) atoms. The van der Waals surface area contributed by atoms with Crippen LogP contribution in [0, 0.1) is 0 Å². The van der Waals surface area contributed by atoms with Crippen LogP contribution in [0.4, 0.5) is 5.69 Å². The minimum Gasteiger partial charge on any atom is -0.497 e. The van der Waals surface area contributed by atoms with Gasteiger partial charge in [0.25, 0.3) is 0 Å². The molecule has 0 aliphatic rings. The minimum atomic E-state index is -0.255. The summed E-state index contributed by atoms with van der Waals surface area (Å²) in [6.45, 7) is 1.89. The highest BCUT2D eigenvalue weighted by Gasteiger charge is 2.14. The molecule has 0 saturated carbocycles. The van der Waals surface area contributed by atoms with Gasteiger partial charge in [0.1, 0.15) is 5.75 Å². The summed E-state index contributed by atoms with van der Waals surface area (Å²) in [5.41, 5.74) is 1.65. The van der Waals surface area contributed by atoms with E-state index >= 15 is 0 Å². The number of benzene rings is 2. The molecule has 5 nitrogen and oxygen atoms in total. The molecule has 1 N–H and O–H groups in total. The van der Waals surface area contributed by atoms with Gasteiger partial charge in [-0.05, 0) is 36.2 Å². The topological polar surface area (TPSA) is 58.6 Å². The van der Waals surface area contributed by atoms with Crippen molar-refractivity contribution in [2.75, 3.05) is 25.5 Å². The summed E-state index contributed by atoms with van der Waals surface area (Å²) in [7, 11) is 1.56. The highest BCUT2D eigenvalue weighted by atomic mass is 35.5. The van der Waals surface area contributed by atoms with E-state index in [1.54, 1.807) is 37.4 Å². The molecule has 132 valence electrons. The lowest BCUT2D eigenvalue weighted by atomic mass is 10.1. The molecule has 0 heterocycles. The van der Waals surface area contributed by atoms with E-state index in [0.29, 0.717) is 29.4 Å². The Kier molecular flexibility index (Phi) is 6.83. The molecule has 6 heteroatoms. The first-order valence-electron chi connectivity index (χ1n) is 7.92. The van der Waals surface area contributed by atoms with Crippen molar-refractivity contribution >= 4 is 29.1 Å². The minimum absolute atomic E-state index is 0.00684. The van der Waals surface area contributed by atoms with Gasteiger partial charge < -0.3 is 15.0 Å². The van der Waals surface area contributed by atoms with Crippen molar-refractivity contribution in [3.63, 3.8) is 0 Å². The van der Waals surface area contributed by atoms with E-state index < -0.39 is 0 Å². The number of ether oxygens (including phenoxy) is 1. The van der Waals surface area contributed by atoms with E-state index in [2.05, 4.69) is 5.32 Å². The van der Waals surface area contributed by atoms with Gasteiger partial charge in [-0.1, -0.05) is 29.8 Å². The van der Waals surface area contributed by atoms with E-state index in [1.807, 2.05) is 18.2 Å². The second-order valence-corrected chi connectivity index (χ2v) is 6.04. The molecule has 2 amide bonds. The van der Waals surface area contributed by atoms with E-state index in [0.717, 1.165) is 5.56 Å². The van der Waals surface area contributed by atoms with Crippen LogP contribution in [0.5, 0.6) is 5.75 Å². The van der Waals surface area contributed by atoms with E-state index in [-0.39, 0.29) is 18.4 Å². The van der Waals surface area contributed by atoms with E-state index in [9.17, 15) is 9.59 Å². The van der Waals surface area contributed by atoms with Gasteiger partial charge in [-0.2, -0.15) is 0 Å². The quantitative estimate of drug-likeness (QED) is 0.823. The van der Waals surface area contributed by atoms with Gasteiger partial charge in [-0.3, -0.25) is 9.59 Å². The average molecular weight is 361 g/mol. The maximum Gasteiger partial charge on any atom is 0.243 e. The number of rotatable bonds is 7. The Bertz CT molecular complexity index is 749. The predicted molar refractivity (Wildman–Crippen MR) is 99.0 cm³/mol. The number of carbonyl (C=O) groups is 2. The number of amides is 2. The summed E-state index contributed by atoms with van der Waals surface area (Å²) < 4.78 is 5.13. The smallest absolute Gasteiger partial charge is 0.243 e. The summed E-state index contributed by atoms with van der Waals surface area (Å²) in [5.74, 6) is 0.250. The fourth-order valence-corrected chi connectivity index (χ4v) is 2.59. The Morgan fingerprint density at radius 3 is 2.60 bits per heavy atom. The average Bonchev–Trinajstić information content (AvgIpc) is 2.58. The molecule has 0 saturated heterocycles. The molecule has 0 aliphatic carbocycles. The first-order chi connectivity index (χ1) is 12.0. The molecule has 2 aromatic rings. The monoisotopic (exact) mass is 360 g/mol. The van der Waals surface area contributed by atoms with Crippen molar-refractivity contribution < 1.29 is 14.3 Å². The maximum atomic E-state index is 12.2. The Morgan fingerprint density at radius 1 is 1.16 bits per heavy atom. The van der Waals surface area contributed by atoms with Crippen molar-refractivity contribution in [1.82, 2.24) is 4.90 Å². The zero-order valence-corrected chi connectivity index (χ0v) is 15.0. The lowest BCUT2D eigenvalue weighted by Crippen LogP contribution is -2.38. The van der Waals surface area contributed by atoms with E-state index in [1.165, 1.54) is 11.8 Å². The number of nitrogens with zero attached hydrogens (tertiary/aromatic N) is 1. The summed E-state index contributed by atoms with van der Waals surface area (Å²) in [5, 5.41) is 3.43. The molecular formula is C19H21ClN2O3. The van der Waals surface area contributed by atoms with Crippen LogP contribution in [0.1, 0.15) is 12.5 Å². The zero-order chi connectivity index (χ0) is 18.2. The molecule has 0 unspecified atom stereocenters. The van der Waals surface area contributed by atoms with Gasteiger partial charge in [-0.25, -0.2) is 0 Å². The molecule has 2 aromatic carbocycles. The molecule has 0 aliphatic heterocycles. The Balaban J connectivity index is 1.93. The van der Waals surface area contributed by atoms with Crippen LogP contribution in [0.2, 0.25) is 5.02 Å². The normalized spacial score (nSPS) is 10.2. The molecule has 0 aromatic heterocycles. The lowest BCUT2D eigenvalue weighted by Gasteiger charge is -2.20. The largest absolute Gasteiger partial charge is 0.497 e. The van der Waals surface area contributed by atoms with Gasteiger partial charge in [0, 0.05) is 30.2 Å². The summed E-state index contributed by atoms with van der Waals surface area (Å²) >= 11 is 5.97. The number of methoxy groups -OCH3 is 1. The number of nitrogens with one attached hydrogen (secondary N) is 1. The Hall–Kier alpha value is -2.53. The van der Waals surface area contributed by atoms with Crippen molar-refractivity contribution in [2.24, 2.45) is 0 Å². The van der Waals surface area contributed by atoms with Gasteiger partial charge in [0.05, 0.1) is 13.7 Å². The van der Waals surface area contributed by atoms with Crippen molar-refractivity contribution in [3.05, 3.63) is 59.1 Å². The highest BCUT2D eigenvalue weighted by Crippen LogP contribution is 2.16.